The van der Waals surface area contributed by atoms with Crippen molar-refractivity contribution in [3.63, 3.8) is 0 Å². The molecule has 0 atom stereocenters. The van der Waals surface area contributed by atoms with Crippen LogP contribution >= 0.6 is 23.2 Å². The Hall–Kier alpha value is -1.61. The first kappa shape index (κ1) is 22.1. The van der Waals surface area contributed by atoms with Crippen molar-refractivity contribution in [2.24, 2.45) is 0 Å². The summed E-state index contributed by atoms with van der Waals surface area (Å²) in [7, 11) is -2.17. The summed E-state index contributed by atoms with van der Waals surface area (Å²) in [6, 6.07) is 4.45. The fourth-order valence-corrected chi connectivity index (χ4v) is 5.67. The second kappa shape index (κ2) is 9.04. The molecule has 1 saturated heterocycles. The van der Waals surface area contributed by atoms with E-state index in [-0.39, 0.29) is 27.0 Å². The number of halogens is 2. The molecule has 1 aromatic heterocycles. The van der Waals surface area contributed by atoms with E-state index in [0.717, 1.165) is 31.5 Å². The number of benzene rings is 1. The van der Waals surface area contributed by atoms with Crippen molar-refractivity contribution >= 4 is 39.1 Å². The van der Waals surface area contributed by atoms with Gasteiger partial charge in [0, 0.05) is 32.9 Å². The predicted molar refractivity (Wildman–Crippen MR) is 113 cm³/mol. The second-order valence-corrected chi connectivity index (χ2v) is 9.77. The minimum atomic E-state index is -3.79. The summed E-state index contributed by atoms with van der Waals surface area (Å²) in [6.07, 6.45) is 4.46. The van der Waals surface area contributed by atoms with Crippen molar-refractivity contribution in [3.05, 3.63) is 45.7 Å². The van der Waals surface area contributed by atoms with Crippen LogP contribution in [0.2, 0.25) is 10.0 Å². The normalized spacial score (nSPS) is 15.4. The Kier molecular flexibility index (Phi) is 6.88. The molecule has 0 saturated carbocycles. The third-order valence-corrected chi connectivity index (χ3v) is 7.63. The van der Waals surface area contributed by atoms with Crippen LogP contribution in [0, 0.1) is 0 Å². The number of piperidine rings is 1. The van der Waals surface area contributed by atoms with Gasteiger partial charge in [-0.1, -0.05) is 29.6 Å². The van der Waals surface area contributed by atoms with E-state index in [9.17, 15) is 13.2 Å². The monoisotopic (exact) mass is 458 g/mol. The van der Waals surface area contributed by atoms with E-state index in [4.69, 9.17) is 23.2 Å². The summed E-state index contributed by atoms with van der Waals surface area (Å²) in [5, 5.41) is 4.50. The fourth-order valence-electron chi connectivity index (χ4n) is 3.32. The van der Waals surface area contributed by atoms with E-state index in [1.165, 1.54) is 21.3 Å². The van der Waals surface area contributed by atoms with E-state index in [1.807, 2.05) is 19.2 Å². The third-order valence-electron chi connectivity index (χ3n) is 4.95. The van der Waals surface area contributed by atoms with Gasteiger partial charge in [0.05, 0.1) is 27.8 Å². The first-order chi connectivity index (χ1) is 13.7. The Labute approximate surface area is 181 Å². The molecule has 1 aromatic carbocycles. The summed E-state index contributed by atoms with van der Waals surface area (Å²) in [5.41, 5.74) is 0.832. The highest BCUT2D eigenvalue weighted by molar-refractivity contribution is 7.89. The van der Waals surface area contributed by atoms with Gasteiger partial charge in [-0.25, -0.2) is 8.42 Å². The number of hydrogen-bond donors (Lipinski definition) is 0. The molecule has 7 nitrogen and oxygen atoms in total. The van der Waals surface area contributed by atoms with Crippen LogP contribution in [0.5, 0.6) is 0 Å². The van der Waals surface area contributed by atoms with Gasteiger partial charge in [0.25, 0.3) is 5.91 Å². The molecule has 0 aliphatic carbocycles. The number of rotatable bonds is 6. The molecule has 0 bridgehead atoms. The van der Waals surface area contributed by atoms with E-state index >= 15 is 0 Å². The van der Waals surface area contributed by atoms with E-state index in [2.05, 4.69) is 5.10 Å². The molecule has 0 spiro atoms. The topological polar surface area (TPSA) is 75.5 Å². The lowest BCUT2D eigenvalue weighted by Crippen LogP contribution is -2.36. The minimum Gasteiger partial charge on any atom is -0.336 e. The molecule has 0 radical (unpaired) electrons. The van der Waals surface area contributed by atoms with Gasteiger partial charge in [-0.15, -0.1) is 0 Å². The molecule has 10 heteroatoms. The van der Waals surface area contributed by atoms with Crippen molar-refractivity contribution in [1.29, 1.82) is 0 Å². The highest BCUT2D eigenvalue weighted by Gasteiger charge is 2.30. The van der Waals surface area contributed by atoms with Crippen LogP contribution < -0.4 is 0 Å². The zero-order valence-corrected chi connectivity index (χ0v) is 18.8. The van der Waals surface area contributed by atoms with Gasteiger partial charge in [0.15, 0.2) is 0 Å². The number of aromatic nitrogens is 2. The SMILES string of the molecule is CCn1ccc(CN(C)C(=O)c2cc(S(=O)(=O)N3CCCCC3)c(Cl)cc2Cl)n1. The highest BCUT2D eigenvalue weighted by Crippen LogP contribution is 2.32. The van der Waals surface area contributed by atoms with Crippen LogP contribution in [0.4, 0.5) is 0 Å². The molecule has 1 fully saturated rings. The maximum absolute atomic E-state index is 13.1. The number of carbonyl (C=O) groups excluding carboxylic acids is 1. The second-order valence-electron chi connectivity index (χ2n) is 7.05. The number of aryl methyl sites for hydroxylation is 1. The van der Waals surface area contributed by atoms with Crippen molar-refractivity contribution in [2.75, 3.05) is 20.1 Å². The smallest absolute Gasteiger partial charge is 0.255 e. The third kappa shape index (κ3) is 4.77. The van der Waals surface area contributed by atoms with Crippen molar-refractivity contribution in [2.45, 2.75) is 44.2 Å². The lowest BCUT2D eigenvalue weighted by molar-refractivity contribution is 0.0783. The van der Waals surface area contributed by atoms with Gasteiger partial charge in [0.1, 0.15) is 4.90 Å². The molecule has 1 aliphatic rings. The van der Waals surface area contributed by atoms with Crippen LogP contribution in [0.25, 0.3) is 0 Å². The lowest BCUT2D eigenvalue weighted by atomic mass is 10.2. The van der Waals surface area contributed by atoms with Gasteiger partial charge in [-0.2, -0.15) is 9.40 Å². The van der Waals surface area contributed by atoms with Crippen LogP contribution in [0.15, 0.2) is 29.3 Å². The Morgan fingerprint density at radius 3 is 2.48 bits per heavy atom. The van der Waals surface area contributed by atoms with Crippen molar-refractivity contribution < 1.29 is 13.2 Å². The average molecular weight is 459 g/mol. The first-order valence-corrected chi connectivity index (χ1v) is 11.7. The Balaban J connectivity index is 1.88. The van der Waals surface area contributed by atoms with Crippen LogP contribution in [-0.2, 0) is 23.1 Å². The molecule has 1 amide bonds. The van der Waals surface area contributed by atoms with Gasteiger partial charge >= 0.3 is 0 Å². The van der Waals surface area contributed by atoms with Crippen LogP contribution in [0.1, 0.15) is 42.2 Å². The zero-order valence-electron chi connectivity index (χ0n) is 16.4. The molecule has 0 N–H and O–H groups in total. The number of amides is 1. The lowest BCUT2D eigenvalue weighted by Gasteiger charge is -2.26. The maximum atomic E-state index is 13.1. The average Bonchev–Trinajstić information content (AvgIpc) is 3.15. The molecule has 1 aliphatic heterocycles. The molecule has 29 heavy (non-hydrogen) atoms. The van der Waals surface area contributed by atoms with Gasteiger partial charge in [-0.3, -0.25) is 9.48 Å². The summed E-state index contributed by atoms with van der Waals surface area (Å²) in [4.78, 5) is 14.3. The molecular formula is C19H24Cl2N4O3S. The Morgan fingerprint density at radius 2 is 1.86 bits per heavy atom. The van der Waals surface area contributed by atoms with Crippen LogP contribution in [-0.4, -0.2) is 53.4 Å². The van der Waals surface area contributed by atoms with Gasteiger partial charge in [-0.05, 0) is 38.0 Å². The van der Waals surface area contributed by atoms with E-state index in [0.29, 0.717) is 13.1 Å². The molecular weight excluding hydrogens is 435 g/mol. The number of carbonyl (C=O) groups is 1. The van der Waals surface area contributed by atoms with Crippen molar-refractivity contribution in [1.82, 2.24) is 19.0 Å². The molecule has 2 aromatic rings. The first-order valence-electron chi connectivity index (χ1n) is 9.51. The molecule has 0 unspecified atom stereocenters. The standard InChI is InChI=1S/C19H24Cl2N4O3S/c1-3-24-10-7-14(22-24)13-23(2)19(26)15-11-18(17(21)12-16(15)20)29(27,28)25-8-5-4-6-9-25/h7,10-12H,3-6,8-9,13H2,1-2H3. The summed E-state index contributed by atoms with van der Waals surface area (Å²) >= 11 is 12.5. The van der Waals surface area contributed by atoms with Gasteiger partial charge in [0.2, 0.25) is 10.0 Å². The number of sulfonamides is 1. The number of hydrogen-bond acceptors (Lipinski definition) is 4. The largest absolute Gasteiger partial charge is 0.336 e. The fraction of sp³-hybridized carbons (Fsp3) is 0.474. The number of nitrogens with zero attached hydrogens (tertiary/aromatic N) is 4. The predicted octanol–water partition coefficient (Wildman–Crippen LogP) is 3.66. The van der Waals surface area contributed by atoms with Crippen molar-refractivity contribution in [3.8, 4) is 0 Å². The zero-order chi connectivity index (χ0) is 21.2. The van der Waals surface area contributed by atoms with Gasteiger partial charge < -0.3 is 4.90 Å². The Bertz CT molecular complexity index is 1000. The quantitative estimate of drug-likeness (QED) is 0.661. The molecule has 3 rings (SSSR count). The minimum absolute atomic E-state index is 0.0152. The maximum Gasteiger partial charge on any atom is 0.255 e. The van der Waals surface area contributed by atoms with E-state index < -0.39 is 15.9 Å². The van der Waals surface area contributed by atoms with Crippen LogP contribution in [0.3, 0.4) is 0 Å². The summed E-state index contributed by atoms with van der Waals surface area (Å²) in [6.45, 7) is 3.88. The van der Waals surface area contributed by atoms with E-state index in [1.54, 1.807) is 11.7 Å². The Morgan fingerprint density at radius 1 is 1.17 bits per heavy atom. The summed E-state index contributed by atoms with van der Waals surface area (Å²) < 4.78 is 29.3. The highest BCUT2D eigenvalue weighted by atomic mass is 35.5. The summed E-state index contributed by atoms with van der Waals surface area (Å²) in [5.74, 6) is -0.396. The molecule has 158 valence electrons. The molecule has 2 heterocycles.